The van der Waals surface area contributed by atoms with E-state index in [9.17, 15) is 0 Å². The molecule has 12 heavy (non-hydrogen) atoms. The summed E-state index contributed by atoms with van der Waals surface area (Å²) in [5, 5.41) is 0. The number of nitrogens with one attached hydrogen (secondary N) is 1. The zero-order chi connectivity index (χ0) is 8.39. The van der Waals surface area contributed by atoms with Gasteiger partial charge in [0, 0.05) is 5.56 Å². The van der Waals surface area contributed by atoms with Crippen molar-refractivity contribution in [3.05, 3.63) is 36.5 Å². The maximum absolute atomic E-state index is 5.49. The third-order valence-corrected chi connectivity index (χ3v) is 1.59. The Kier molecular flexibility index (Phi) is 1.55. The topological polar surface area (TPSA) is 54.7 Å². The van der Waals surface area contributed by atoms with Crippen LogP contribution in [0.4, 0.5) is 5.82 Å². The largest absolute Gasteiger partial charge is 0.384 e. The van der Waals surface area contributed by atoms with E-state index in [2.05, 4.69) is 16.0 Å². The quantitative estimate of drug-likeness (QED) is 0.660. The van der Waals surface area contributed by atoms with E-state index in [1.54, 1.807) is 6.20 Å². The van der Waals surface area contributed by atoms with E-state index >= 15 is 0 Å². The average Bonchev–Trinajstić information content (AvgIpc) is 2.54. The summed E-state index contributed by atoms with van der Waals surface area (Å²) >= 11 is 0. The van der Waals surface area contributed by atoms with Crippen molar-refractivity contribution in [2.75, 3.05) is 5.73 Å². The van der Waals surface area contributed by atoms with E-state index in [0.717, 1.165) is 11.4 Å². The van der Waals surface area contributed by atoms with Crippen molar-refractivity contribution < 1.29 is 0 Å². The molecule has 1 aromatic heterocycles. The van der Waals surface area contributed by atoms with Crippen molar-refractivity contribution in [1.29, 1.82) is 0 Å². The van der Waals surface area contributed by atoms with E-state index in [0.29, 0.717) is 5.82 Å². The Bertz CT molecular complexity index is 364. The number of H-pyrrole nitrogens is 1. The second-order valence-electron chi connectivity index (χ2n) is 2.48. The summed E-state index contributed by atoms with van der Waals surface area (Å²) in [6.45, 7) is 0. The summed E-state index contributed by atoms with van der Waals surface area (Å²) < 4.78 is 0. The number of nitrogens with zero attached hydrogens (tertiary/aromatic N) is 1. The zero-order valence-electron chi connectivity index (χ0n) is 6.41. The maximum Gasteiger partial charge on any atom is 0.138 e. The van der Waals surface area contributed by atoms with Crippen molar-refractivity contribution in [2.45, 2.75) is 0 Å². The molecule has 3 N–H and O–H groups in total. The Morgan fingerprint density at radius 3 is 2.67 bits per heavy atom. The van der Waals surface area contributed by atoms with Crippen LogP contribution in [0.5, 0.6) is 0 Å². The number of nitrogens with two attached hydrogens (primary N) is 1. The lowest BCUT2D eigenvalue weighted by atomic mass is 10.2. The van der Waals surface area contributed by atoms with Crippen LogP contribution in [0.2, 0.25) is 0 Å². The highest BCUT2D eigenvalue weighted by Gasteiger charge is 1.98. The van der Waals surface area contributed by atoms with Crippen molar-refractivity contribution in [2.24, 2.45) is 0 Å². The Morgan fingerprint density at radius 1 is 1.33 bits per heavy atom. The third-order valence-electron chi connectivity index (χ3n) is 1.59. The fourth-order valence-electron chi connectivity index (χ4n) is 1.03. The van der Waals surface area contributed by atoms with Gasteiger partial charge in [-0.2, -0.15) is 0 Å². The van der Waals surface area contributed by atoms with Crippen LogP contribution in [0.25, 0.3) is 11.4 Å². The first-order valence-electron chi connectivity index (χ1n) is 3.63. The summed E-state index contributed by atoms with van der Waals surface area (Å²) in [6, 6.07) is 10.5. The first-order valence-corrected chi connectivity index (χ1v) is 3.63. The van der Waals surface area contributed by atoms with Crippen molar-refractivity contribution in [3.63, 3.8) is 0 Å². The minimum Gasteiger partial charge on any atom is -0.384 e. The number of aromatic nitrogens is 2. The van der Waals surface area contributed by atoms with Gasteiger partial charge in [-0.25, -0.2) is 4.98 Å². The smallest absolute Gasteiger partial charge is 0.138 e. The fourth-order valence-corrected chi connectivity index (χ4v) is 1.03. The van der Waals surface area contributed by atoms with Crippen LogP contribution in [0.1, 0.15) is 0 Å². The van der Waals surface area contributed by atoms with Gasteiger partial charge in [0.15, 0.2) is 0 Å². The number of hydrogen-bond donors (Lipinski definition) is 2. The molecule has 0 bridgehead atoms. The van der Waals surface area contributed by atoms with E-state index in [1.165, 1.54) is 0 Å². The molecule has 0 unspecified atom stereocenters. The molecule has 3 nitrogen and oxygen atoms in total. The molecule has 3 heteroatoms. The molecule has 1 radical (unpaired) electrons. The molecule has 0 aliphatic heterocycles. The van der Waals surface area contributed by atoms with E-state index in [4.69, 9.17) is 5.73 Å². The van der Waals surface area contributed by atoms with Crippen LogP contribution in [0.3, 0.4) is 0 Å². The van der Waals surface area contributed by atoms with Gasteiger partial charge >= 0.3 is 0 Å². The molecule has 0 fully saturated rings. The van der Waals surface area contributed by atoms with Crippen molar-refractivity contribution >= 4 is 5.82 Å². The Morgan fingerprint density at radius 2 is 2.08 bits per heavy atom. The molecular weight excluding hydrogens is 150 g/mol. The van der Waals surface area contributed by atoms with Crippen LogP contribution in [0.15, 0.2) is 30.5 Å². The van der Waals surface area contributed by atoms with Gasteiger partial charge in [0.2, 0.25) is 0 Å². The highest BCUT2D eigenvalue weighted by Crippen LogP contribution is 2.14. The number of rotatable bonds is 1. The lowest BCUT2D eigenvalue weighted by Crippen LogP contribution is -1.83. The summed E-state index contributed by atoms with van der Waals surface area (Å²) in [7, 11) is 0. The number of anilines is 1. The molecule has 0 amide bonds. The third kappa shape index (κ3) is 1.16. The Balaban J connectivity index is 2.45. The first-order chi connectivity index (χ1) is 5.86. The summed E-state index contributed by atoms with van der Waals surface area (Å²) in [4.78, 5) is 7.04. The first kappa shape index (κ1) is 6.91. The second-order valence-corrected chi connectivity index (χ2v) is 2.48. The van der Waals surface area contributed by atoms with Crippen LogP contribution in [0, 0.1) is 6.07 Å². The number of imidazole rings is 1. The molecular formula is C9H8N3. The lowest BCUT2D eigenvalue weighted by molar-refractivity contribution is 1.31. The van der Waals surface area contributed by atoms with E-state index in [1.807, 2.05) is 24.3 Å². The summed E-state index contributed by atoms with van der Waals surface area (Å²) in [6.07, 6.45) is 1.60. The molecule has 0 saturated carbocycles. The normalized spacial score (nSPS) is 10.0. The summed E-state index contributed by atoms with van der Waals surface area (Å²) in [5.41, 5.74) is 6.51. The minimum absolute atomic E-state index is 0.581. The van der Waals surface area contributed by atoms with Crippen LogP contribution in [-0.4, -0.2) is 9.97 Å². The van der Waals surface area contributed by atoms with Gasteiger partial charge in [-0.1, -0.05) is 24.3 Å². The fraction of sp³-hybridized carbons (Fsp3) is 0. The van der Waals surface area contributed by atoms with Crippen LogP contribution < -0.4 is 5.73 Å². The number of aromatic amines is 1. The van der Waals surface area contributed by atoms with Crippen LogP contribution in [-0.2, 0) is 0 Å². The van der Waals surface area contributed by atoms with Crippen molar-refractivity contribution in [1.82, 2.24) is 9.97 Å². The molecule has 2 aromatic rings. The molecule has 0 aliphatic rings. The predicted molar refractivity (Wildman–Crippen MR) is 47.3 cm³/mol. The molecule has 0 atom stereocenters. The lowest BCUT2D eigenvalue weighted by Gasteiger charge is -1.93. The van der Waals surface area contributed by atoms with Gasteiger partial charge in [0.05, 0.1) is 6.20 Å². The molecule has 59 valence electrons. The maximum atomic E-state index is 5.49. The number of benzene rings is 1. The van der Waals surface area contributed by atoms with Gasteiger partial charge in [-0.15, -0.1) is 0 Å². The van der Waals surface area contributed by atoms with Gasteiger partial charge in [-0.05, 0) is 6.07 Å². The highest BCUT2D eigenvalue weighted by molar-refractivity contribution is 5.56. The van der Waals surface area contributed by atoms with E-state index in [-0.39, 0.29) is 0 Å². The molecule has 1 heterocycles. The number of nitrogen functional groups attached to an aromatic ring is 1. The summed E-state index contributed by atoms with van der Waals surface area (Å²) in [5.74, 6) is 1.37. The molecule has 0 spiro atoms. The van der Waals surface area contributed by atoms with Crippen LogP contribution >= 0.6 is 0 Å². The van der Waals surface area contributed by atoms with Gasteiger partial charge in [0.1, 0.15) is 11.6 Å². The SMILES string of the molecule is Nc1cnc(-c2cc[c]cc2)[nH]1. The standard InChI is InChI=1S/C9H8N3/c10-8-6-11-9(12-8)7-4-2-1-3-5-7/h2-6H,10H2,(H,11,12). The molecule has 1 aromatic carbocycles. The van der Waals surface area contributed by atoms with Gasteiger partial charge in [0.25, 0.3) is 0 Å². The monoisotopic (exact) mass is 158 g/mol. The highest BCUT2D eigenvalue weighted by atomic mass is 15.0. The number of hydrogen-bond acceptors (Lipinski definition) is 2. The second kappa shape index (κ2) is 2.70. The van der Waals surface area contributed by atoms with Gasteiger partial charge in [-0.3, -0.25) is 0 Å². The van der Waals surface area contributed by atoms with E-state index < -0.39 is 0 Å². The zero-order valence-corrected chi connectivity index (χ0v) is 6.41. The van der Waals surface area contributed by atoms with Gasteiger partial charge < -0.3 is 10.7 Å². The average molecular weight is 158 g/mol. The molecule has 0 saturated heterocycles. The molecule has 2 rings (SSSR count). The predicted octanol–water partition coefficient (Wildman–Crippen LogP) is 1.46. The molecule has 0 aliphatic carbocycles. The van der Waals surface area contributed by atoms with Crippen molar-refractivity contribution in [3.8, 4) is 11.4 Å². The Hall–Kier alpha value is -1.77. The Labute approximate surface area is 70.3 Å². The minimum atomic E-state index is 0.581.